The van der Waals surface area contributed by atoms with Gasteiger partial charge in [-0.05, 0) is 55.6 Å². The number of hydrogen-bond acceptors (Lipinski definition) is 5. The Morgan fingerprint density at radius 1 is 1.32 bits per heavy atom. The van der Waals surface area contributed by atoms with Crippen LogP contribution in [0, 0.1) is 6.92 Å². The molecule has 2 fully saturated rings. The summed E-state index contributed by atoms with van der Waals surface area (Å²) in [7, 11) is 0. The number of carbonyl (C=O) groups excluding carboxylic acids is 3. The summed E-state index contributed by atoms with van der Waals surface area (Å²) in [5, 5.41) is 6.57. The van der Waals surface area contributed by atoms with E-state index in [1.807, 2.05) is 19.1 Å². The number of halogens is 1. The Labute approximate surface area is 185 Å². The fourth-order valence-electron chi connectivity index (χ4n) is 4.05. The van der Waals surface area contributed by atoms with E-state index in [2.05, 4.69) is 15.6 Å². The maximum atomic E-state index is 13.3. The molecule has 0 bridgehead atoms. The molecule has 31 heavy (non-hydrogen) atoms. The monoisotopic (exact) mass is 441 g/mol. The lowest BCUT2D eigenvalue weighted by atomic mass is 9.93. The van der Waals surface area contributed by atoms with E-state index in [-0.39, 0.29) is 30.9 Å². The lowest BCUT2D eigenvalue weighted by molar-refractivity contribution is -0.138. The van der Waals surface area contributed by atoms with Crippen LogP contribution in [0.15, 0.2) is 42.7 Å². The highest BCUT2D eigenvalue weighted by molar-refractivity contribution is 6.31. The Hall–Kier alpha value is -2.97. The molecule has 3 heterocycles. The summed E-state index contributed by atoms with van der Waals surface area (Å²) in [6, 6.07) is 7.49. The van der Waals surface area contributed by atoms with Crippen molar-refractivity contribution < 1.29 is 14.4 Å². The Morgan fingerprint density at radius 2 is 2.16 bits per heavy atom. The highest BCUT2D eigenvalue weighted by Gasteiger charge is 2.47. The quantitative estimate of drug-likeness (QED) is 0.743. The van der Waals surface area contributed by atoms with Crippen molar-refractivity contribution in [2.75, 3.05) is 18.4 Å². The predicted octanol–water partition coefficient (Wildman–Crippen LogP) is 2.57. The molecule has 0 aliphatic carbocycles. The Kier molecular flexibility index (Phi) is 6.20. The van der Waals surface area contributed by atoms with Crippen LogP contribution in [0.4, 0.5) is 10.5 Å². The molecular formula is C22H24ClN5O3. The van der Waals surface area contributed by atoms with Crippen molar-refractivity contribution in [1.29, 1.82) is 0 Å². The van der Waals surface area contributed by atoms with Crippen LogP contribution in [-0.4, -0.2) is 57.8 Å². The van der Waals surface area contributed by atoms with Gasteiger partial charge in [0.15, 0.2) is 0 Å². The van der Waals surface area contributed by atoms with Gasteiger partial charge < -0.3 is 15.5 Å². The summed E-state index contributed by atoms with van der Waals surface area (Å²) < 4.78 is 0. The zero-order chi connectivity index (χ0) is 22.0. The third-order valence-electron chi connectivity index (χ3n) is 5.67. The number of benzene rings is 1. The Morgan fingerprint density at radius 3 is 2.90 bits per heavy atom. The number of nitrogens with zero attached hydrogens (tertiary/aromatic N) is 3. The molecule has 4 amide bonds. The van der Waals surface area contributed by atoms with E-state index in [9.17, 15) is 14.4 Å². The molecule has 4 rings (SSSR count). The topological polar surface area (TPSA) is 94.6 Å². The van der Waals surface area contributed by atoms with Crippen molar-refractivity contribution in [1.82, 2.24) is 20.1 Å². The number of fused-ring (bicyclic) bond motifs is 1. The average molecular weight is 442 g/mol. The molecule has 9 heteroatoms. The summed E-state index contributed by atoms with van der Waals surface area (Å²) >= 11 is 6.14. The minimum atomic E-state index is -0.523. The van der Waals surface area contributed by atoms with E-state index in [0.717, 1.165) is 17.5 Å². The second-order valence-electron chi connectivity index (χ2n) is 7.85. The van der Waals surface area contributed by atoms with Gasteiger partial charge in [-0.3, -0.25) is 19.5 Å². The number of pyridine rings is 1. The Bertz CT molecular complexity index is 1000. The molecule has 2 N–H and O–H groups in total. The first-order valence-corrected chi connectivity index (χ1v) is 10.6. The predicted molar refractivity (Wildman–Crippen MR) is 117 cm³/mol. The molecule has 2 saturated heterocycles. The summed E-state index contributed by atoms with van der Waals surface area (Å²) in [5.41, 5.74) is 2.22. The van der Waals surface area contributed by atoms with Crippen LogP contribution in [-0.2, 0) is 16.1 Å². The van der Waals surface area contributed by atoms with E-state index < -0.39 is 12.1 Å². The lowest BCUT2D eigenvalue weighted by Gasteiger charge is -2.46. The first kappa shape index (κ1) is 21.3. The lowest BCUT2D eigenvalue weighted by Crippen LogP contribution is -2.70. The molecule has 2 unspecified atom stereocenters. The van der Waals surface area contributed by atoms with Crippen molar-refractivity contribution in [2.24, 2.45) is 0 Å². The molecule has 0 radical (unpaired) electrons. The summed E-state index contributed by atoms with van der Waals surface area (Å²) in [5.74, 6) is -0.603. The molecule has 0 spiro atoms. The molecule has 2 aromatic rings. The van der Waals surface area contributed by atoms with Gasteiger partial charge in [0.2, 0.25) is 11.8 Å². The molecule has 2 aliphatic rings. The fourth-order valence-corrected chi connectivity index (χ4v) is 4.23. The van der Waals surface area contributed by atoms with Gasteiger partial charge in [-0.2, -0.15) is 0 Å². The van der Waals surface area contributed by atoms with Crippen molar-refractivity contribution in [2.45, 2.75) is 38.4 Å². The second-order valence-corrected chi connectivity index (χ2v) is 8.26. The SMILES string of the molecule is Cc1ccc(NC(=O)CN2C(=O)N(Cc3cccnc3)C(=O)C3NCCCC32)cc1Cl. The number of urea groups is 1. The maximum Gasteiger partial charge on any atom is 0.327 e. The molecule has 1 aromatic carbocycles. The average Bonchev–Trinajstić information content (AvgIpc) is 2.77. The first-order valence-electron chi connectivity index (χ1n) is 10.2. The van der Waals surface area contributed by atoms with Gasteiger partial charge in [-0.25, -0.2) is 4.79 Å². The number of piperidine rings is 1. The number of aryl methyl sites for hydroxylation is 1. The van der Waals surface area contributed by atoms with Crippen LogP contribution in [0.25, 0.3) is 0 Å². The van der Waals surface area contributed by atoms with Crippen molar-refractivity contribution in [3.8, 4) is 0 Å². The maximum absolute atomic E-state index is 13.3. The van der Waals surface area contributed by atoms with Crippen LogP contribution in [0.2, 0.25) is 5.02 Å². The largest absolute Gasteiger partial charge is 0.327 e. The number of imide groups is 1. The highest BCUT2D eigenvalue weighted by atomic mass is 35.5. The first-order chi connectivity index (χ1) is 14.9. The fraction of sp³-hybridized carbons (Fsp3) is 0.364. The minimum Gasteiger partial charge on any atom is -0.324 e. The number of aromatic nitrogens is 1. The number of anilines is 1. The molecule has 2 atom stereocenters. The van der Waals surface area contributed by atoms with Crippen LogP contribution < -0.4 is 10.6 Å². The molecule has 162 valence electrons. The third kappa shape index (κ3) is 4.55. The minimum absolute atomic E-state index is 0.113. The number of hydrogen-bond donors (Lipinski definition) is 2. The van der Waals surface area contributed by atoms with E-state index in [1.165, 1.54) is 9.80 Å². The zero-order valence-electron chi connectivity index (χ0n) is 17.2. The van der Waals surface area contributed by atoms with Crippen molar-refractivity contribution in [3.63, 3.8) is 0 Å². The van der Waals surface area contributed by atoms with Gasteiger partial charge in [0.25, 0.3) is 0 Å². The van der Waals surface area contributed by atoms with Crippen LogP contribution in [0.5, 0.6) is 0 Å². The van der Waals surface area contributed by atoms with Crippen molar-refractivity contribution >= 4 is 35.1 Å². The zero-order valence-corrected chi connectivity index (χ0v) is 17.9. The van der Waals surface area contributed by atoms with Crippen LogP contribution >= 0.6 is 11.6 Å². The molecule has 2 aliphatic heterocycles. The molecule has 1 aromatic heterocycles. The van der Waals surface area contributed by atoms with Gasteiger partial charge in [0.1, 0.15) is 12.6 Å². The van der Waals surface area contributed by atoms with E-state index in [1.54, 1.807) is 30.6 Å². The van der Waals surface area contributed by atoms with Crippen molar-refractivity contribution in [3.05, 3.63) is 58.9 Å². The number of carbonyl (C=O) groups is 3. The molecule has 8 nitrogen and oxygen atoms in total. The van der Waals surface area contributed by atoms with Gasteiger partial charge in [0.05, 0.1) is 12.6 Å². The van der Waals surface area contributed by atoms with E-state index >= 15 is 0 Å². The Balaban J connectivity index is 1.53. The summed E-state index contributed by atoms with van der Waals surface area (Å²) in [6.45, 7) is 2.54. The van der Waals surface area contributed by atoms with Crippen LogP contribution in [0.1, 0.15) is 24.0 Å². The molecule has 0 saturated carbocycles. The van der Waals surface area contributed by atoms with Gasteiger partial charge in [-0.1, -0.05) is 23.7 Å². The second kappa shape index (κ2) is 9.03. The number of nitrogens with one attached hydrogen (secondary N) is 2. The van der Waals surface area contributed by atoms with Crippen LogP contribution in [0.3, 0.4) is 0 Å². The molecular weight excluding hydrogens is 418 g/mol. The van der Waals surface area contributed by atoms with Gasteiger partial charge >= 0.3 is 6.03 Å². The van der Waals surface area contributed by atoms with Gasteiger partial charge in [0, 0.05) is 23.1 Å². The third-order valence-corrected chi connectivity index (χ3v) is 6.07. The van der Waals surface area contributed by atoms with Gasteiger partial charge in [-0.15, -0.1) is 0 Å². The summed E-state index contributed by atoms with van der Waals surface area (Å²) in [4.78, 5) is 45.8. The van der Waals surface area contributed by atoms with E-state index in [0.29, 0.717) is 23.7 Å². The normalized spacial score (nSPS) is 21.1. The summed E-state index contributed by atoms with van der Waals surface area (Å²) in [6.07, 6.45) is 4.75. The smallest absolute Gasteiger partial charge is 0.324 e. The number of rotatable bonds is 5. The number of amides is 4. The van der Waals surface area contributed by atoms with E-state index in [4.69, 9.17) is 11.6 Å². The standard InChI is InChI=1S/C22H24ClN5O3/c1-14-6-7-16(10-17(14)23)26-19(29)13-27-18-5-3-9-25-20(18)21(30)28(22(27)31)12-15-4-2-8-24-11-15/h2,4,6-8,10-11,18,20,25H,3,5,9,12-13H2,1H3,(H,26,29). The highest BCUT2D eigenvalue weighted by Crippen LogP contribution is 2.26.